The van der Waals surface area contributed by atoms with E-state index in [1.54, 1.807) is 31.2 Å². The van der Waals surface area contributed by atoms with Crippen LogP contribution in [0.5, 0.6) is 0 Å². The van der Waals surface area contributed by atoms with E-state index in [4.69, 9.17) is 0 Å². The summed E-state index contributed by atoms with van der Waals surface area (Å²) in [5.74, 6) is -1.07. The molecule has 120 valence electrons. The topological polar surface area (TPSA) is 66.4 Å². The Morgan fingerprint density at radius 2 is 1.74 bits per heavy atom. The third-order valence-electron chi connectivity index (χ3n) is 3.35. The highest BCUT2D eigenvalue weighted by Crippen LogP contribution is 2.26. The number of carbonyl (C=O) groups excluding carboxylic acids is 1. The van der Waals surface area contributed by atoms with Crippen LogP contribution < -0.4 is 5.32 Å². The maximum absolute atomic E-state index is 12.1. The summed E-state index contributed by atoms with van der Waals surface area (Å²) >= 11 is 1.26. The van der Waals surface area contributed by atoms with E-state index in [2.05, 4.69) is 5.32 Å². The zero-order valence-corrected chi connectivity index (χ0v) is 13.7. The van der Waals surface area contributed by atoms with Gasteiger partial charge < -0.3 is 10.4 Å². The van der Waals surface area contributed by atoms with Gasteiger partial charge >= 0.3 is 5.97 Å². The molecule has 4 nitrogen and oxygen atoms in total. The van der Waals surface area contributed by atoms with E-state index >= 15 is 0 Å². The number of amides is 1. The summed E-state index contributed by atoms with van der Waals surface area (Å²) in [6.07, 6.45) is 0.773. The number of hydrogen-bond donors (Lipinski definition) is 2. The maximum atomic E-state index is 12.1. The summed E-state index contributed by atoms with van der Waals surface area (Å²) in [6, 6.07) is 16.7. The molecule has 0 aliphatic rings. The number of carboxylic acids is 1. The summed E-state index contributed by atoms with van der Waals surface area (Å²) in [5.41, 5.74) is 1.39. The molecule has 1 amide bonds. The molecule has 0 aliphatic carbocycles. The second-order valence-electron chi connectivity index (χ2n) is 5.09. The molecule has 0 fully saturated rings. The number of aromatic carboxylic acids is 1. The van der Waals surface area contributed by atoms with Crippen molar-refractivity contribution in [2.45, 2.75) is 23.5 Å². The molecular formula is C18H19NO3S. The Bertz CT molecular complexity index is 673. The SMILES string of the molecule is CC(Sc1ccccc1C(=O)O)C(=O)NCCc1ccccc1. The van der Waals surface area contributed by atoms with Gasteiger partial charge in [-0.15, -0.1) is 11.8 Å². The first kappa shape index (κ1) is 17.1. The van der Waals surface area contributed by atoms with E-state index in [0.29, 0.717) is 11.4 Å². The molecule has 2 N–H and O–H groups in total. The lowest BCUT2D eigenvalue weighted by Crippen LogP contribution is -2.32. The van der Waals surface area contributed by atoms with E-state index < -0.39 is 5.97 Å². The van der Waals surface area contributed by atoms with Crippen molar-refractivity contribution in [1.82, 2.24) is 5.32 Å². The summed E-state index contributed by atoms with van der Waals surface area (Å²) in [4.78, 5) is 23.9. The predicted molar refractivity (Wildman–Crippen MR) is 91.9 cm³/mol. The maximum Gasteiger partial charge on any atom is 0.336 e. The van der Waals surface area contributed by atoms with Gasteiger partial charge in [0.2, 0.25) is 5.91 Å². The van der Waals surface area contributed by atoms with Crippen molar-refractivity contribution in [2.24, 2.45) is 0 Å². The predicted octanol–water partition coefficient (Wildman–Crippen LogP) is 3.22. The van der Waals surface area contributed by atoms with Gasteiger partial charge in [-0.3, -0.25) is 4.79 Å². The van der Waals surface area contributed by atoms with Gasteiger partial charge in [0.25, 0.3) is 0 Å². The highest BCUT2D eigenvalue weighted by Gasteiger charge is 2.17. The summed E-state index contributed by atoms with van der Waals surface area (Å²) in [5, 5.41) is 11.7. The zero-order valence-electron chi connectivity index (χ0n) is 12.9. The highest BCUT2D eigenvalue weighted by atomic mass is 32.2. The summed E-state index contributed by atoms with van der Waals surface area (Å²) in [7, 11) is 0. The Balaban J connectivity index is 1.87. The number of thioether (sulfide) groups is 1. The molecule has 0 heterocycles. The van der Waals surface area contributed by atoms with Crippen LogP contribution >= 0.6 is 11.8 Å². The molecular weight excluding hydrogens is 310 g/mol. The smallest absolute Gasteiger partial charge is 0.336 e. The standard InChI is InChI=1S/C18H19NO3S/c1-13(23-16-10-6-5-9-15(16)18(21)22)17(20)19-12-11-14-7-3-2-4-8-14/h2-10,13H,11-12H2,1H3,(H,19,20)(H,21,22). The third-order valence-corrected chi connectivity index (χ3v) is 4.52. The third kappa shape index (κ3) is 5.14. The van der Waals surface area contributed by atoms with Crippen LogP contribution in [0.4, 0.5) is 0 Å². The fourth-order valence-corrected chi connectivity index (χ4v) is 3.12. The van der Waals surface area contributed by atoms with Gasteiger partial charge in [-0.25, -0.2) is 4.79 Å². The van der Waals surface area contributed by atoms with Crippen LogP contribution in [0.3, 0.4) is 0 Å². The van der Waals surface area contributed by atoms with Crippen LogP contribution in [0.15, 0.2) is 59.5 Å². The van der Waals surface area contributed by atoms with E-state index in [1.807, 2.05) is 30.3 Å². The Morgan fingerprint density at radius 1 is 1.09 bits per heavy atom. The Labute approximate surface area is 139 Å². The second kappa shape index (κ2) is 8.39. The number of benzene rings is 2. The van der Waals surface area contributed by atoms with Gasteiger partial charge in [0.1, 0.15) is 0 Å². The van der Waals surface area contributed by atoms with E-state index in [9.17, 15) is 14.7 Å². The van der Waals surface area contributed by atoms with Gasteiger partial charge in [-0.2, -0.15) is 0 Å². The lowest BCUT2D eigenvalue weighted by molar-refractivity contribution is -0.120. The Kier molecular flexibility index (Phi) is 6.23. The van der Waals surface area contributed by atoms with E-state index in [0.717, 1.165) is 6.42 Å². The van der Waals surface area contributed by atoms with Crippen molar-refractivity contribution in [1.29, 1.82) is 0 Å². The Morgan fingerprint density at radius 3 is 2.43 bits per heavy atom. The number of hydrogen-bond acceptors (Lipinski definition) is 3. The van der Waals surface area contributed by atoms with Gasteiger partial charge in [-0.05, 0) is 31.0 Å². The number of nitrogens with one attached hydrogen (secondary N) is 1. The van der Waals surface area contributed by atoms with Crippen molar-refractivity contribution in [3.05, 3.63) is 65.7 Å². The van der Waals surface area contributed by atoms with Crippen molar-refractivity contribution in [3.8, 4) is 0 Å². The highest BCUT2D eigenvalue weighted by molar-refractivity contribution is 8.00. The minimum atomic E-state index is -0.982. The largest absolute Gasteiger partial charge is 0.478 e. The van der Waals surface area contributed by atoms with Crippen molar-refractivity contribution in [3.63, 3.8) is 0 Å². The summed E-state index contributed by atoms with van der Waals surface area (Å²) < 4.78 is 0. The average molecular weight is 329 g/mol. The normalized spacial score (nSPS) is 11.7. The second-order valence-corrected chi connectivity index (χ2v) is 6.47. The first-order valence-electron chi connectivity index (χ1n) is 7.38. The number of carboxylic acid groups (broad SMARTS) is 1. The van der Waals surface area contributed by atoms with Gasteiger partial charge in [0, 0.05) is 11.4 Å². The molecule has 0 saturated heterocycles. The molecule has 0 radical (unpaired) electrons. The van der Waals surface area contributed by atoms with Gasteiger partial charge in [0.15, 0.2) is 0 Å². The minimum absolute atomic E-state index is 0.0916. The minimum Gasteiger partial charge on any atom is -0.478 e. The molecule has 0 saturated carbocycles. The molecule has 0 aromatic heterocycles. The quantitative estimate of drug-likeness (QED) is 0.766. The molecule has 1 unspecified atom stereocenters. The molecule has 1 atom stereocenters. The first-order chi connectivity index (χ1) is 11.1. The van der Waals surface area contributed by atoms with Crippen LogP contribution in [0.2, 0.25) is 0 Å². The monoisotopic (exact) mass is 329 g/mol. The number of carbonyl (C=O) groups is 2. The van der Waals surface area contributed by atoms with Crippen LogP contribution in [0, 0.1) is 0 Å². The van der Waals surface area contributed by atoms with Gasteiger partial charge in [0.05, 0.1) is 10.8 Å². The fraction of sp³-hybridized carbons (Fsp3) is 0.222. The molecule has 23 heavy (non-hydrogen) atoms. The molecule has 2 rings (SSSR count). The lowest BCUT2D eigenvalue weighted by Gasteiger charge is -2.13. The van der Waals surface area contributed by atoms with Gasteiger partial charge in [-0.1, -0.05) is 42.5 Å². The van der Waals surface area contributed by atoms with E-state index in [-0.39, 0.29) is 16.7 Å². The average Bonchev–Trinajstić information content (AvgIpc) is 2.56. The van der Waals surface area contributed by atoms with E-state index in [1.165, 1.54) is 17.3 Å². The van der Waals surface area contributed by atoms with Crippen LogP contribution in [0.1, 0.15) is 22.8 Å². The zero-order chi connectivity index (χ0) is 16.7. The number of rotatable bonds is 7. The fourth-order valence-electron chi connectivity index (χ4n) is 2.11. The summed E-state index contributed by atoms with van der Waals surface area (Å²) in [6.45, 7) is 2.34. The van der Waals surface area contributed by atoms with Crippen molar-refractivity contribution < 1.29 is 14.7 Å². The molecule has 2 aromatic carbocycles. The molecule has 0 spiro atoms. The van der Waals surface area contributed by atoms with Crippen LogP contribution in [-0.4, -0.2) is 28.8 Å². The van der Waals surface area contributed by atoms with Crippen LogP contribution in [-0.2, 0) is 11.2 Å². The first-order valence-corrected chi connectivity index (χ1v) is 8.26. The molecule has 2 aromatic rings. The lowest BCUT2D eigenvalue weighted by atomic mass is 10.1. The molecule has 0 bridgehead atoms. The van der Waals surface area contributed by atoms with Crippen LogP contribution in [0.25, 0.3) is 0 Å². The Hall–Kier alpha value is -2.27. The molecule has 5 heteroatoms. The van der Waals surface area contributed by atoms with Crippen molar-refractivity contribution in [2.75, 3.05) is 6.54 Å². The molecule has 0 aliphatic heterocycles. The van der Waals surface area contributed by atoms with Crippen molar-refractivity contribution >= 4 is 23.6 Å².